The van der Waals surface area contributed by atoms with E-state index in [0.717, 1.165) is 17.1 Å². The third kappa shape index (κ3) is 2.89. The molecule has 0 aliphatic rings. The highest BCUT2D eigenvalue weighted by atomic mass is 15.5. The molecule has 3 rings (SSSR count). The molecule has 2 heterocycles. The first-order valence-electron chi connectivity index (χ1n) is 6.73. The number of aromatic nitrogens is 5. The van der Waals surface area contributed by atoms with Crippen molar-refractivity contribution >= 4 is 5.69 Å². The monoisotopic (exact) mass is 280 g/mol. The van der Waals surface area contributed by atoms with Crippen molar-refractivity contribution in [3.05, 3.63) is 54.4 Å². The van der Waals surface area contributed by atoms with Crippen LogP contribution in [0.25, 0.3) is 11.4 Å². The predicted molar refractivity (Wildman–Crippen MR) is 80.5 cm³/mol. The fraction of sp³-hybridized carbons (Fsp3) is 0.200. The summed E-state index contributed by atoms with van der Waals surface area (Å²) in [5.74, 6) is 0.746. The second-order valence-electron chi connectivity index (χ2n) is 4.85. The maximum absolute atomic E-state index is 4.04. The summed E-state index contributed by atoms with van der Waals surface area (Å²) in [7, 11) is 1.83. The van der Waals surface area contributed by atoms with Crippen molar-refractivity contribution in [2.24, 2.45) is 7.05 Å². The minimum atomic E-state index is 0.195. The van der Waals surface area contributed by atoms with Crippen LogP contribution in [0.15, 0.2) is 48.8 Å². The predicted octanol–water partition coefficient (Wildman–Crippen LogP) is 2.45. The Morgan fingerprint density at radius 3 is 2.67 bits per heavy atom. The lowest BCUT2D eigenvalue weighted by molar-refractivity contribution is 0.714. The zero-order valence-electron chi connectivity index (χ0n) is 11.9. The molecule has 0 spiro atoms. The smallest absolute Gasteiger partial charge is 0.181 e. The summed E-state index contributed by atoms with van der Waals surface area (Å²) in [5.41, 5.74) is 3.20. The summed E-state index contributed by atoms with van der Waals surface area (Å²) in [5, 5.41) is 15.0. The van der Waals surface area contributed by atoms with Crippen LogP contribution >= 0.6 is 0 Å². The SMILES string of the molecule is CC(Nc1cccc(-c2nnnn2C)c1)c1ccncc1. The van der Waals surface area contributed by atoms with Gasteiger partial charge < -0.3 is 5.32 Å². The van der Waals surface area contributed by atoms with Crippen LogP contribution in [-0.4, -0.2) is 25.2 Å². The van der Waals surface area contributed by atoms with Gasteiger partial charge in [0, 0.05) is 36.7 Å². The summed E-state index contributed by atoms with van der Waals surface area (Å²) in [4.78, 5) is 4.04. The molecule has 0 fully saturated rings. The van der Waals surface area contributed by atoms with Crippen LogP contribution < -0.4 is 5.32 Å². The molecule has 0 saturated carbocycles. The Hall–Kier alpha value is -2.76. The standard InChI is InChI=1S/C15H16N6/c1-11(12-6-8-16-9-7-12)17-14-5-3-4-13(10-14)15-18-19-20-21(15)2/h3-11,17H,1-2H3. The van der Waals surface area contributed by atoms with E-state index < -0.39 is 0 Å². The number of hydrogen-bond donors (Lipinski definition) is 1. The van der Waals surface area contributed by atoms with Gasteiger partial charge in [-0.05, 0) is 47.2 Å². The fourth-order valence-corrected chi connectivity index (χ4v) is 2.21. The summed E-state index contributed by atoms with van der Waals surface area (Å²) in [6.07, 6.45) is 3.60. The molecule has 1 unspecified atom stereocenters. The molecule has 0 bridgehead atoms. The second kappa shape index (κ2) is 5.70. The topological polar surface area (TPSA) is 68.5 Å². The fourth-order valence-electron chi connectivity index (χ4n) is 2.21. The number of benzene rings is 1. The van der Waals surface area contributed by atoms with Crippen molar-refractivity contribution in [2.45, 2.75) is 13.0 Å². The van der Waals surface area contributed by atoms with E-state index in [1.807, 2.05) is 43.4 Å². The third-order valence-electron chi connectivity index (χ3n) is 3.33. The maximum Gasteiger partial charge on any atom is 0.181 e. The molecular weight excluding hydrogens is 264 g/mol. The highest BCUT2D eigenvalue weighted by Crippen LogP contribution is 2.23. The molecular formula is C15H16N6. The van der Waals surface area contributed by atoms with E-state index in [-0.39, 0.29) is 6.04 Å². The number of pyridine rings is 1. The first-order chi connectivity index (χ1) is 10.2. The lowest BCUT2D eigenvalue weighted by Crippen LogP contribution is -2.06. The van der Waals surface area contributed by atoms with Gasteiger partial charge in [0.2, 0.25) is 0 Å². The second-order valence-corrected chi connectivity index (χ2v) is 4.85. The minimum absolute atomic E-state index is 0.195. The Morgan fingerprint density at radius 2 is 1.95 bits per heavy atom. The lowest BCUT2D eigenvalue weighted by Gasteiger charge is -2.16. The average Bonchev–Trinajstić information content (AvgIpc) is 2.94. The maximum atomic E-state index is 4.04. The number of tetrazole rings is 1. The van der Waals surface area contributed by atoms with Crippen LogP contribution in [0.3, 0.4) is 0 Å². The van der Waals surface area contributed by atoms with Crippen molar-refractivity contribution in [3.63, 3.8) is 0 Å². The molecule has 0 aliphatic carbocycles. The van der Waals surface area contributed by atoms with E-state index in [2.05, 4.69) is 32.7 Å². The lowest BCUT2D eigenvalue weighted by atomic mass is 10.1. The summed E-state index contributed by atoms with van der Waals surface area (Å²) < 4.78 is 1.66. The van der Waals surface area contributed by atoms with Gasteiger partial charge in [0.1, 0.15) is 0 Å². The van der Waals surface area contributed by atoms with E-state index in [0.29, 0.717) is 0 Å². The van der Waals surface area contributed by atoms with Gasteiger partial charge in [-0.1, -0.05) is 12.1 Å². The van der Waals surface area contributed by atoms with Crippen LogP contribution in [-0.2, 0) is 7.05 Å². The van der Waals surface area contributed by atoms with Crippen molar-refractivity contribution < 1.29 is 0 Å². The number of rotatable bonds is 4. The van der Waals surface area contributed by atoms with E-state index in [1.54, 1.807) is 17.1 Å². The van der Waals surface area contributed by atoms with Gasteiger partial charge in [0.15, 0.2) is 5.82 Å². The zero-order valence-corrected chi connectivity index (χ0v) is 11.9. The van der Waals surface area contributed by atoms with E-state index in [4.69, 9.17) is 0 Å². The zero-order chi connectivity index (χ0) is 14.7. The van der Waals surface area contributed by atoms with Gasteiger partial charge in [0.05, 0.1) is 0 Å². The Morgan fingerprint density at radius 1 is 1.14 bits per heavy atom. The first kappa shape index (κ1) is 13.2. The van der Waals surface area contributed by atoms with Crippen LogP contribution in [0.1, 0.15) is 18.5 Å². The highest BCUT2D eigenvalue weighted by Gasteiger charge is 2.08. The molecule has 0 saturated heterocycles. The van der Waals surface area contributed by atoms with Gasteiger partial charge >= 0.3 is 0 Å². The number of nitrogens with one attached hydrogen (secondary N) is 1. The van der Waals surface area contributed by atoms with E-state index in [1.165, 1.54) is 5.56 Å². The third-order valence-corrected chi connectivity index (χ3v) is 3.33. The molecule has 6 heteroatoms. The van der Waals surface area contributed by atoms with Crippen molar-refractivity contribution in [2.75, 3.05) is 5.32 Å². The molecule has 106 valence electrons. The van der Waals surface area contributed by atoms with E-state index in [9.17, 15) is 0 Å². The van der Waals surface area contributed by atoms with Crippen LogP contribution in [0.4, 0.5) is 5.69 Å². The average molecular weight is 280 g/mol. The molecule has 2 aromatic heterocycles. The van der Waals surface area contributed by atoms with Crippen LogP contribution in [0.2, 0.25) is 0 Å². The molecule has 1 N–H and O–H groups in total. The van der Waals surface area contributed by atoms with Crippen molar-refractivity contribution in [1.29, 1.82) is 0 Å². The molecule has 6 nitrogen and oxygen atoms in total. The molecule has 0 radical (unpaired) electrons. The number of hydrogen-bond acceptors (Lipinski definition) is 5. The summed E-state index contributed by atoms with van der Waals surface area (Å²) in [6.45, 7) is 2.12. The van der Waals surface area contributed by atoms with Crippen LogP contribution in [0, 0.1) is 0 Å². The Bertz CT molecular complexity index is 722. The van der Waals surface area contributed by atoms with Crippen LogP contribution in [0.5, 0.6) is 0 Å². The number of nitrogens with zero attached hydrogens (tertiary/aromatic N) is 5. The Balaban J connectivity index is 1.82. The molecule has 0 aliphatic heterocycles. The summed E-state index contributed by atoms with van der Waals surface area (Å²) in [6, 6.07) is 12.3. The Labute approximate surface area is 122 Å². The largest absolute Gasteiger partial charge is 0.379 e. The van der Waals surface area contributed by atoms with Gasteiger partial charge in [-0.3, -0.25) is 4.98 Å². The van der Waals surface area contributed by atoms with Gasteiger partial charge in [0.25, 0.3) is 0 Å². The first-order valence-corrected chi connectivity index (χ1v) is 6.73. The molecule has 1 aromatic carbocycles. The van der Waals surface area contributed by atoms with Gasteiger partial charge in [-0.25, -0.2) is 4.68 Å². The van der Waals surface area contributed by atoms with Crippen molar-refractivity contribution in [3.8, 4) is 11.4 Å². The molecule has 1 atom stereocenters. The number of aryl methyl sites for hydroxylation is 1. The normalized spacial score (nSPS) is 12.1. The van der Waals surface area contributed by atoms with Gasteiger partial charge in [-0.15, -0.1) is 5.10 Å². The minimum Gasteiger partial charge on any atom is -0.379 e. The molecule has 21 heavy (non-hydrogen) atoms. The van der Waals surface area contributed by atoms with Crippen molar-refractivity contribution in [1.82, 2.24) is 25.2 Å². The van der Waals surface area contributed by atoms with E-state index >= 15 is 0 Å². The summed E-state index contributed by atoms with van der Waals surface area (Å²) >= 11 is 0. The molecule has 3 aromatic rings. The van der Waals surface area contributed by atoms with Gasteiger partial charge in [-0.2, -0.15) is 0 Å². The quantitative estimate of drug-likeness (QED) is 0.795. The molecule has 0 amide bonds. The number of anilines is 1. The Kier molecular flexibility index (Phi) is 3.59. The highest BCUT2D eigenvalue weighted by molar-refractivity contribution is 5.62.